The van der Waals surface area contributed by atoms with Crippen molar-refractivity contribution >= 4 is 17.5 Å². The molecule has 1 atom stereocenters. The molecule has 1 aromatic heterocycles. The van der Waals surface area contributed by atoms with E-state index in [1.54, 1.807) is 13.2 Å². The second-order valence-electron chi connectivity index (χ2n) is 3.40. The summed E-state index contributed by atoms with van der Waals surface area (Å²) in [6.45, 7) is 2.49. The van der Waals surface area contributed by atoms with Gasteiger partial charge in [-0.05, 0) is 18.6 Å². The molecule has 5 heteroatoms. The summed E-state index contributed by atoms with van der Waals surface area (Å²) in [5.74, 6) is -0.159. The number of amides is 1. The number of nitrogens with zero attached hydrogens (tertiary/aromatic N) is 1. The molecule has 0 saturated carbocycles. The van der Waals surface area contributed by atoms with Crippen molar-refractivity contribution in [3.8, 4) is 0 Å². The molecule has 0 aliphatic rings. The van der Waals surface area contributed by atoms with E-state index in [0.717, 1.165) is 6.42 Å². The zero-order chi connectivity index (χ0) is 12.0. The number of methoxy groups -OCH3 is 1. The smallest absolute Gasteiger partial charge is 0.251 e. The van der Waals surface area contributed by atoms with Crippen LogP contribution in [0.5, 0.6) is 0 Å². The second kappa shape index (κ2) is 6.45. The van der Waals surface area contributed by atoms with E-state index in [1.165, 1.54) is 12.3 Å². The van der Waals surface area contributed by atoms with Crippen LogP contribution in [-0.2, 0) is 4.74 Å². The Hall–Kier alpha value is -1.13. The van der Waals surface area contributed by atoms with Crippen LogP contribution in [0.3, 0.4) is 0 Å². The van der Waals surface area contributed by atoms with Crippen molar-refractivity contribution in [1.29, 1.82) is 0 Å². The van der Waals surface area contributed by atoms with Gasteiger partial charge in [-0.1, -0.05) is 18.5 Å². The first-order valence-corrected chi connectivity index (χ1v) is 5.46. The number of ether oxygens (including phenoxy) is 1. The third-order valence-electron chi connectivity index (χ3n) is 2.18. The Morgan fingerprint density at radius 1 is 1.69 bits per heavy atom. The van der Waals surface area contributed by atoms with Crippen LogP contribution in [0.2, 0.25) is 5.15 Å². The standard InChI is InChI=1S/C11H15ClN2O2/c1-3-9(7-16-2)14-11(15)8-4-5-13-10(12)6-8/h4-6,9H,3,7H2,1-2H3,(H,14,15)/t9-/m0/s1. The quantitative estimate of drug-likeness (QED) is 0.803. The summed E-state index contributed by atoms with van der Waals surface area (Å²) in [6.07, 6.45) is 2.33. The number of carbonyl (C=O) groups is 1. The Morgan fingerprint density at radius 3 is 3.00 bits per heavy atom. The van der Waals surface area contributed by atoms with Crippen LogP contribution in [0, 0.1) is 0 Å². The first-order valence-electron chi connectivity index (χ1n) is 5.08. The van der Waals surface area contributed by atoms with Gasteiger partial charge in [-0.2, -0.15) is 0 Å². The van der Waals surface area contributed by atoms with Gasteiger partial charge in [0.25, 0.3) is 5.91 Å². The molecule has 0 unspecified atom stereocenters. The van der Waals surface area contributed by atoms with Gasteiger partial charge in [0.05, 0.1) is 12.6 Å². The summed E-state index contributed by atoms with van der Waals surface area (Å²) >= 11 is 5.70. The Bertz CT molecular complexity index is 358. The fourth-order valence-electron chi connectivity index (χ4n) is 1.28. The van der Waals surface area contributed by atoms with E-state index in [0.29, 0.717) is 17.3 Å². The Kier molecular flexibility index (Phi) is 5.22. The molecular weight excluding hydrogens is 228 g/mol. The van der Waals surface area contributed by atoms with Crippen molar-refractivity contribution in [1.82, 2.24) is 10.3 Å². The molecule has 1 amide bonds. The zero-order valence-corrected chi connectivity index (χ0v) is 10.1. The van der Waals surface area contributed by atoms with Gasteiger partial charge in [-0.15, -0.1) is 0 Å². The molecule has 1 N–H and O–H groups in total. The summed E-state index contributed by atoms with van der Waals surface area (Å²) < 4.78 is 5.00. The fraction of sp³-hybridized carbons (Fsp3) is 0.455. The molecule has 88 valence electrons. The van der Waals surface area contributed by atoms with Crippen LogP contribution in [0.15, 0.2) is 18.3 Å². The third kappa shape index (κ3) is 3.79. The summed E-state index contributed by atoms with van der Waals surface area (Å²) in [4.78, 5) is 15.6. The minimum atomic E-state index is -0.159. The summed E-state index contributed by atoms with van der Waals surface area (Å²) in [5, 5.41) is 3.17. The van der Waals surface area contributed by atoms with Gasteiger partial charge < -0.3 is 10.1 Å². The Morgan fingerprint density at radius 2 is 2.44 bits per heavy atom. The van der Waals surface area contributed by atoms with Crippen LogP contribution in [0.4, 0.5) is 0 Å². The largest absolute Gasteiger partial charge is 0.383 e. The van der Waals surface area contributed by atoms with Crippen molar-refractivity contribution in [2.24, 2.45) is 0 Å². The highest BCUT2D eigenvalue weighted by molar-refractivity contribution is 6.29. The highest BCUT2D eigenvalue weighted by Crippen LogP contribution is 2.07. The molecule has 0 radical (unpaired) electrons. The van der Waals surface area contributed by atoms with E-state index in [-0.39, 0.29) is 11.9 Å². The molecule has 1 aromatic rings. The first-order chi connectivity index (χ1) is 7.67. The van der Waals surface area contributed by atoms with Crippen LogP contribution < -0.4 is 5.32 Å². The summed E-state index contributed by atoms with van der Waals surface area (Å²) in [5.41, 5.74) is 0.509. The summed E-state index contributed by atoms with van der Waals surface area (Å²) in [7, 11) is 1.61. The number of rotatable bonds is 5. The van der Waals surface area contributed by atoms with Crippen molar-refractivity contribution in [3.63, 3.8) is 0 Å². The monoisotopic (exact) mass is 242 g/mol. The van der Waals surface area contributed by atoms with Gasteiger partial charge in [0.15, 0.2) is 0 Å². The molecule has 0 saturated heterocycles. The van der Waals surface area contributed by atoms with Gasteiger partial charge in [0.1, 0.15) is 5.15 Å². The van der Waals surface area contributed by atoms with Gasteiger partial charge in [-0.25, -0.2) is 4.98 Å². The Balaban J connectivity index is 2.64. The van der Waals surface area contributed by atoms with E-state index in [2.05, 4.69) is 10.3 Å². The minimum absolute atomic E-state index is 0.0180. The maximum atomic E-state index is 11.8. The molecule has 4 nitrogen and oxygen atoms in total. The molecule has 0 aromatic carbocycles. The number of hydrogen-bond acceptors (Lipinski definition) is 3. The van der Waals surface area contributed by atoms with Gasteiger partial charge in [0, 0.05) is 18.9 Å². The zero-order valence-electron chi connectivity index (χ0n) is 9.37. The fourth-order valence-corrected chi connectivity index (χ4v) is 1.45. The van der Waals surface area contributed by atoms with E-state index in [9.17, 15) is 4.79 Å². The SMILES string of the molecule is CC[C@@H](COC)NC(=O)c1ccnc(Cl)c1. The third-order valence-corrected chi connectivity index (χ3v) is 2.39. The maximum Gasteiger partial charge on any atom is 0.251 e. The predicted octanol–water partition coefficient (Wildman–Crippen LogP) is 1.89. The van der Waals surface area contributed by atoms with E-state index in [4.69, 9.17) is 16.3 Å². The van der Waals surface area contributed by atoms with Crippen LogP contribution >= 0.6 is 11.6 Å². The van der Waals surface area contributed by atoms with Crippen molar-refractivity contribution in [3.05, 3.63) is 29.0 Å². The number of hydrogen-bond donors (Lipinski definition) is 1. The molecule has 1 heterocycles. The topological polar surface area (TPSA) is 51.2 Å². The van der Waals surface area contributed by atoms with Gasteiger partial charge in [-0.3, -0.25) is 4.79 Å². The molecule has 1 rings (SSSR count). The van der Waals surface area contributed by atoms with Crippen LogP contribution in [-0.4, -0.2) is 30.6 Å². The molecule has 16 heavy (non-hydrogen) atoms. The van der Waals surface area contributed by atoms with Gasteiger partial charge in [0.2, 0.25) is 0 Å². The number of nitrogens with one attached hydrogen (secondary N) is 1. The second-order valence-corrected chi connectivity index (χ2v) is 3.79. The van der Waals surface area contributed by atoms with Crippen LogP contribution in [0.1, 0.15) is 23.7 Å². The highest BCUT2D eigenvalue weighted by Gasteiger charge is 2.12. The number of carbonyl (C=O) groups excluding carboxylic acids is 1. The van der Waals surface area contributed by atoms with Crippen molar-refractivity contribution in [2.45, 2.75) is 19.4 Å². The lowest BCUT2D eigenvalue weighted by Crippen LogP contribution is -2.37. The molecule has 0 fully saturated rings. The molecule has 0 aliphatic heterocycles. The summed E-state index contributed by atoms with van der Waals surface area (Å²) in [6, 6.07) is 3.18. The highest BCUT2D eigenvalue weighted by atomic mass is 35.5. The normalized spacial score (nSPS) is 12.2. The molecular formula is C11H15ClN2O2. The Labute approximate surface area is 100.0 Å². The predicted molar refractivity (Wildman–Crippen MR) is 62.7 cm³/mol. The van der Waals surface area contributed by atoms with E-state index >= 15 is 0 Å². The van der Waals surface area contributed by atoms with E-state index in [1.807, 2.05) is 6.92 Å². The van der Waals surface area contributed by atoms with E-state index < -0.39 is 0 Å². The average Bonchev–Trinajstić information content (AvgIpc) is 2.28. The van der Waals surface area contributed by atoms with Crippen molar-refractivity contribution in [2.75, 3.05) is 13.7 Å². The molecule has 0 bridgehead atoms. The van der Waals surface area contributed by atoms with Gasteiger partial charge >= 0.3 is 0 Å². The lowest BCUT2D eigenvalue weighted by atomic mass is 10.2. The van der Waals surface area contributed by atoms with Crippen LogP contribution in [0.25, 0.3) is 0 Å². The lowest BCUT2D eigenvalue weighted by molar-refractivity contribution is 0.0894. The van der Waals surface area contributed by atoms with Crippen molar-refractivity contribution < 1.29 is 9.53 Å². The maximum absolute atomic E-state index is 11.8. The minimum Gasteiger partial charge on any atom is -0.383 e. The number of halogens is 1. The average molecular weight is 243 g/mol. The molecule has 0 spiro atoms. The first kappa shape index (κ1) is 12.9. The molecule has 0 aliphatic carbocycles. The lowest BCUT2D eigenvalue weighted by Gasteiger charge is -2.15. The number of aromatic nitrogens is 1. The number of pyridine rings is 1.